The van der Waals surface area contributed by atoms with Gasteiger partial charge >= 0.3 is 0 Å². The number of rotatable bonds is 2. The maximum absolute atomic E-state index is 5.61. The van der Waals surface area contributed by atoms with Crippen molar-refractivity contribution < 1.29 is 9.47 Å². The quantitative estimate of drug-likeness (QED) is 0.744. The predicted molar refractivity (Wildman–Crippen MR) is 57.8 cm³/mol. The third kappa shape index (κ3) is 1.61. The maximum atomic E-state index is 5.61. The van der Waals surface area contributed by atoms with Crippen LogP contribution in [0.15, 0.2) is 0 Å². The molecule has 0 bridgehead atoms. The summed E-state index contributed by atoms with van der Waals surface area (Å²) in [6.45, 7) is 4.69. The summed E-state index contributed by atoms with van der Waals surface area (Å²) in [7, 11) is 0. The summed E-state index contributed by atoms with van der Waals surface area (Å²) in [5.74, 6) is 0.880. The van der Waals surface area contributed by atoms with E-state index in [-0.39, 0.29) is 0 Å². The van der Waals surface area contributed by atoms with Gasteiger partial charge in [0, 0.05) is 18.0 Å². The highest BCUT2D eigenvalue weighted by molar-refractivity contribution is 5.02. The van der Waals surface area contributed by atoms with E-state index in [0.717, 1.165) is 38.9 Å². The Labute approximate surface area is 91.5 Å². The van der Waals surface area contributed by atoms with Crippen LogP contribution in [0.2, 0.25) is 0 Å². The smallest absolute Gasteiger partial charge is 0.0627 e. The van der Waals surface area contributed by atoms with E-state index in [1.54, 1.807) is 0 Å². The summed E-state index contributed by atoms with van der Waals surface area (Å²) >= 11 is 0. The molecule has 0 aromatic carbocycles. The minimum Gasteiger partial charge on any atom is -0.380 e. The zero-order valence-corrected chi connectivity index (χ0v) is 9.34. The summed E-state index contributed by atoms with van der Waals surface area (Å²) in [6, 6.07) is 0.545. The van der Waals surface area contributed by atoms with Gasteiger partial charge in [-0.3, -0.25) is 0 Å². The van der Waals surface area contributed by atoms with Crippen molar-refractivity contribution in [3.05, 3.63) is 0 Å². The molecule has 0 radical (unpaired) electrons. The van der Waals surface area contributed by atoms with Crippen molar-refractivity contribution in [1.82, 2.24) is 5.32 Å². The van der Waals surface area contributed by atoms with Crippen molar-refractivity contribution in [1.29, 1.82) is 0 Å². The molecule has 1 unspecified atom stereocenters. The molecule has 3 rings (SSSR count). The van der Waals surface area contributed by atoms with Crippen molar-refractivity contribution >= 4 is 0 Å². The van der Waals surface area contributed by atoms with E-state index < -0.39 is 0 Å². The summed E-state index contributed by atoms with van der Waals surface area (Å²) < 4.78 is 11.1. The van der Waals surface area contributed by atoms with Crippen molar-refractivity contribution in [3.8, 4) is 0 Å². The Morgan fingerprint density at radius 1 is 1.07 bits per heavy atom. The zero-order valence-electron chi connectivity index (χ0n) is 9.34. The van der Waals surface area contributed by atoms with E-state index in [2.05, 4.69) is 5.32 Å². The summed E-state index contributed by atoms with van der Waals surface area (Å²) in [6.07, 6.45) is 5.64. The van der Waals surface area contributed by atoms with Gasteiger partial charge in [-0.1, -0.05) is 12.8 Å². The predicted octanol–water partition coefficient (Wildman–Crippen LogP) is 1.18. The first-order valence-electron chi connectivity index (χ1n) is 6.31. The normalized spacial score (nSPS) is 36.4. The topological polar surface area (TPSA) is 30.5 Å². The van der Waals surface area contributed by atoms with Gasteiger partial charge in [0.1, 0.15) is 0 Å². The van der Waals surface area contributed by atoms with E-state index in [1.165, 1.54) is 25.7 Å². The summed E-state index contributed by atoms with van der Waals surface area (Å²) in [5.41, 5.74) is 0.414. The van der Waals surface area contributed by atoms with Crippen molar-refractivity contribution in [2.75, 3.05) is 33.0 Å². The first kappa shape index (κ1) is 10.1. The highest BCUT2D eigenvalue weighted by atomic mass is 16.5. The Bertz CT molecular complexity index is 216. The standard InChI is InChI=1S/C12H21NO2/c1-2-4-10(3-1)12(8-15-9-12)11-7-14-6-5-13-11/h10-11,13H,1-9H2. The first-order chi connectivity index (χ1) is 7.42. The average molecular weight is 211 g/mol. The first-order valence-corrected chi connectivity index (χ1v) is 6.31. The Morgan fingerprint density at radius 2 is 1.87 bits per heavy atom. The maximum Gasteiger partial charge on any atom is 0.0627 e. The molecular formula is C12H21NO2. The van der Waals surface area contributed by atoms with Gasteiger partial charge in [-0.2, -0.15) is 0 Å². The SMILES string of the molecule is C1CCC(C2(C3COCCN3)COC2)C1. The highest BCUT2D eigenvalue weighted by Gasteiger charge is 2.52. The van der Waals surface area contributed by atoms with Crippen LogP contribution >= 0.6 is 0 Å². The van der Waals surface area contributed by atoms with E-state index in [9.17, 15) is 0 Å². The van der Waals surface area contributed by atoms with E-state index in [4.69, 9.17) is 9.47 Å². The van der Waals surface area contributed by atoms with E-state index in [1.807, 2.05) is 0 Å². The lowest BCUT2D eigenvalue weighted by molar-refractivity contribution is -0.179. The molecule has 1 aliphatic carbocycles. The molecule has 3 aliphatic rings. The number of hydrogen-bond acceptors (Lipinski definition) is 3. The molecule has 0 amide bonds. The van der Waals surface area contributed by atoms with Crippen LogP contribution in [0.25, 0.3) is 0 Å². The molecule has 1 atom stereocenters. The second-order valence-corrected chi connectivity index (χ2v) is 5.29. The fourth-order valence-corrected chi connectivity index (χ4v) is 3.49. The van der Waals surface area contributed by atoms with Crippen LogP contribution < -0.4 is 5.32 Å². The second kappa shape index (κ2) is 4.04. The van der Waals surface area contributed by atoms with Gasteiger partial charge in [0.2, 0.25) is 0 Å². The Kier molecular flexibility index (Phi) is 2.71. The number of nitrogens with one attached hydrogen (secondary N) is 1. The van der Waals surface area contributed by atoms with Crippen LogP contribution in [-0.4, -0.2) is 39.0 Å². The number of hydrogen-bond donors (Lipinski definition) is 1. The molecule has 3 fully saturated rings. The fraction of sp³-hybridized carbons (Fsp3) is 1.00. The van der Waals surface area contributed by atoms with Gasteiger partial charge in [-0.25, -0.2) is 0 Å². The molecule has 86 valence electrons. The molecule has 15 heavy (non-hydrogen) atoms. The van der Waals surface area contributed by atoms with Crippen LogP contribution in [0.4, 0.5) is 0 Å². The largest absolute Gasteiger partial charge is 0.380 e. The Balaban J connectivity index is 1.72. The molecule has 0 aromatic rings. The molecule has 1 N–H and O–H groups in total. The zero-order chi connectivity index (χ0) is 10.1. The number of ether oxygens (including phenoxy) is 2. The monoisotopic (exact) mass is 211 g/mol. The van der Waals surface area contributed by atoms with Crippen LogP contribution in [0.5, 0.6) is 0 Å². The molecule has 1 saturated carbocycles. The fourth-order valence-electron chi connectivity index (χ4n) is 3.49. The molecule has 3 nitrogen and oxygen atoms in total. The summed E-state index contributed by atoms with van der Waals surface area (Å²) in [4.78, 5) is 0. The van der Waals surface area contributed by atoms with Crippen LogP contribution in [-0.2, 0) is 9.47 Å². The van der Waals surface area contributed by atoms with Gasteiger partial charge < -0.3 is 14.8 Å². The van der Waals surface area contributed by atoms with E-state index in [0.29, 0.717) is 11.5 Å². The Morgan fingerprint density at radius 3 is 2.40 bits per heavy atom. The van der Waals surface area contributed by atoms with Crippen molar-refractivity contribution in [2.24, 2.45) is 11.3 Å². The van der Waals surface area contributed by atoms with Gasteiger partial charge in [0.25, 0.3) is 0 Å². The van der Waals surface area contributed by atoms with Gasteiger partial charge in [-0.05, 0) is 18.8 Å². The molecule has 2 aliphatic heterocycles. The minimum atomic E-state index is 0.414. The lowest BCUT2D eigenvalue weighted by Gasteiger charge is -2.52. The van der Waals surface area contributed by atoms with Gasteiger partial charge in [0.15, 0.2) is 0 Å². The van der Waals surface area contributed by atoms with Crippen molar-refractivity contribution in [3.63, 3.8) is 0 Å². The molecule has 2 heterocycles. The van der Waals surface area contributed by atoms with Crippen molar-refractivity contribution in [2.45, 2.75) is 31.7 Å². The lowest BCUT2D eigenvalue weighted by Crippen LogP contribution is -2.63. The van der Waals surface area contributed by atoms with Gasteiger partial charge in [0.05, 0.1) is 26.4 Å². The van der Waals surface area contributed by atoms with Crippen LogP contribution in [0.3, 0.4) is 0 Å². The Hall–Kier alpha value is -0.120. The van der Waals surface area contributed by atoms with Crippen LogP contribution in [0.1, 0.15) is 25.7 Å². The number of morpholine rings is 1. The minimum absolute atomic E-state index is 0.414. The molecule has 0 spiro atoms. The molecule has 0 aromatic heterocycles. The second-order valence-electron chi connectivity index (χ2n) is 5.29. The van der Waals surface area contributed by atoms with E-state index >= 15 is 0 Å². The third-order valence-electron chi connectivity index (χ3n) is 4.53. The highest BCUT2D eigenvalue weighted by Crippen LogP contribution is 2.47. The third-order valence-corrected chi connectivity index (χ3v) is 4.53. The molecule has 3 heteroatoms. The van der Waals surface area contributed by atoms with Gasteiger partial charge in [-0.15, -0.1) is 0 Å². The van der Waals surface area contributed by atoms with Crippen LogP contribution in [0, 0.1) is 11.3 Å². The summed E-state index contributed by atoms with van der Waals surface area (Å²) in [5, 5.41) is 3.63. The average Bonchev–Trinajstić information content (AvgIpc) is 2.72. The molecule has 2 saturated heterocycles. The molecular weight excluding hydrogens is 190 g/mol. The lowest BCUT2D eigenvalue weighted by atomic mass is 9.67.